The number of carbonyl (C=O) groups is 2. The van der Waals surface area contributed by atoms with E-state index < -0.39 is 12.1 Å². The largest absolute Gasteiger partial charge is 0.461 e. The van der Waals surface area contributed by atoms with Crippen LogP contribution in [0.15, 0.2) is 12.7 Å². The number of hydrogen-bond donors (Lipinski definition) is 1. The second kappa shape index (κ2) is 5.55. The quantitative estimate of drug-likeness (QED) is 0.653. The van der Waals surface area contributed by atoms with Crippen molar-refractivity contribution < 1.29 is 19.1 Å². The molecule has 1 aromatic rings. The van der Waals surface area contributed by atoms with E-state index in [4.69, 9.17) is 9.47 Å². The number of H-pyrrole nitrogens is 1. The molecule has 1 aliphatic rings. The van der Waals surface area contributed by atoms with Gasteiger partial charge in [-0.3, -0.25) is 10.00 Å². The van der Waals surface area contributed by atoms with Crippen molar-refractivity contribution in [1.82, 2.24) is 15.1 Å². The first-order chi connectivity index (χ1) is 9.17. The third-order valence-electron chi connectivity index (χ3n) is 2.70. The second-order valence-electron chi connectivity index (χ2n) is 3.97. The molecule has 1 aromatic heterocycles. The number of nitrogens with zero attached hydrogens (tertiary/aromatic N) is 2. The molecule has 102 valence electrons. The van der Waals surface area contributed by atoms with E-state index in [0.717, 1.165) is 5.69 Å². The van der Waals surface area contributed by atoms with Crippen molar-refractivity contribution in [2.75, 3.05) is 13.2 Å². The Bertz CT molecular complexity index is 509. The number of esters is 1. The molecule has 2 rings (SSSR count). The van der Waals surface area contributed by atoms with Gasteiger partial charge in [-0.1, -0.05) is 12.7 Å². The zero-order valence-corrected chi connectivity index (χ0v) is 10.6. The predicted octanol–water partition coefficient (Wildman–Crippen LogP) is 1.22. The predicted molar refractivity (Wildman–Crippen MR) is 65.3 cm³/mol. The molecule has 0 spiro atoms. The van der Waals surface area contributed by atoms with Crippen LogP contribution < -0.4 is 0 Å². The first kappa shape index (κ1) is 13.1. The van der Waals surface area contributed by atoms with E-state index >= 15 is 0 Å². The van der Waals surface area contributed by atoms with Gasteiger partial charge in [0.15, 0.2) is 5.69 Å². The van der Waals surface area contributed by atoms with Crippen molar-refractivity contribution >= 4 is 12.1 Å². The summed E-state index contributed by atoms with van der Waals surface area (Å²) >= 11 is 0. The highest BCUT2D eigenvalue weighted by molar-refractivity contribution is 5.89. The summed E-state index contributed by atoms with van der Waals surface area (Å²) in [7, 11) is 0. The molecular weight excluding hydrogens is 250 g/mol. The van der Waals surface area contributed by atoms with Crippen molar-refractivity contribution in [2.24, 2.45) is 0 Å². The first-order valence-electron chi connectivity index (χ1n) is 5.93. The fraction of sp³-hybridized carbons (Fsp3) is 0.417. The lowest BCUT2D eigenvalue weighted by Gasteiger charge is -2.14. The Morgan fingerprint density at radius 1 is 1.47 bits per heavy atom. The zero-order chi connectivity index (χ0) is 13.8. The average molecular weight is 265 g/mol. The Balaban J connectivity index is 2.06. The minimum Gasteiger partial charge on any atom is -0.461 e. The van der Waals surface area contributed by atoms with Gasteiger partial charge in [-0.25, -0.2) is 9.59 Å². The van der Waals surface area contributed by atoms with Gasteiger partial charge in [0.05, 0.1) is 25.4 Å². The fourth-order valence-corrected chi connectivity index (χ4v) is 1.86. The smallest absolute Gasteiger partial charge is 0.410 e. The van der Waals surface area contributed by atoms with Crippen molar-refractivity contribution in [1.29, 1.82) is 0 Å². The summed E-state index contributed by atoms with van der Waals surface area (Å²) in [6, 6.07) is 0. The molecule has 0 bridgehead atoms. The first-order valence-corrected chi connectivity index (χ1v) is 5.93. The van der Waals surface area contributed by atoms with E-state index in [2.05, 4.69) is 16.8 Å². The summed E-state index contributed by atoms with van der Waals surface area (Å²) in [6.07, 6.45) is 1.05. The maximum absolute atomic E-state index is 11.7. The standard InChI is InChI=1S/C12H15N3O4/c1-3-5-19-12(17)15-6-8-9(7-15)13-14-10(8)11(16)18-4-2/h3H,1,4-7H2,2H3,(H,13,14). The van der Waals surface area contributed by atoms with Crippen LogP contribution in [-0.2, 0) is 22.6 Å². The molecule has 2 heterocycles. The van der Waals surface area contributed by atoms with Gasteiger partial charge in [-0.2, -0.15) is 5.10 Å². The summed E-state index contributed by atoms with van der Waals surface area (Å²) in [5.41, 5.74) is 1.66. The molecule has 19 heavy (non-hydrogen) atoms. The molecule has 0 unspecified atom stereocenters. The molecule has 1 N–H and O–H groups in total. The number of carbonyl (C=O) groups excluding carboxylic acids is 2. The third kappa shape index (κ3) is 2.59. The van der Waals surface area contributed by atoms with E-state index in [1.807, 2.05) is 0 Å². The van der Waals surface area contributed by atoms with E-state index in [-0.39, 0.29) is 25.5 Å². The summed E-state index contributed by atoms with van der Waals surface area (Å²) < 4.78 is 9.84. The average Bonchev–Trinajstić information content (AvgIpc) is 2.95. The van der Waals surface area contributed by atoms with Gasteiger partial charge in [0.1, 0.15) is 6.61 Å². The SMILES string of the molecule is C=CCOC(=O)N1Cc2[nH]nc(C(=O)OCC)c2C1. The second-order valence-corrected chi connectivity index (χ2v) is 3.97. The minimum atomic E-state index is -0.485. The van der Waals surface area contributed by atoms with Crippen molar-refractivity contribution in [3.05, 3.63) is 29.6 Å². The van der Waals surface area contributed by atoms with E-state index in [1.54, 1.807) is 6.92 Å². The van der Waals surface area contributed by atoms with E-state index in [1.165, 1.54) is 11.0 Å². The number of hydrogen-bond acceptors (Lipinski definition) is 5. The summed E-state index contributed by atoms with van der Waals surface area (Å²) in [4.78, 5) is 24.8. The minimum absolute atomic E-state index is 0.159. The molecule has 7 heteroatoms. The van der Waals surface area contributed by atoms with Crippen LogP contribution in [0.3, 0.4) is 0 Å². The van der Waals surface area contributed by atoms with Gasteiger partial charge in [0.25, 0.3) is 0 Å². The Labute approximate surface area is 110 Å². The normalized spacial score (nSPS) is 13.0. The van der Waals surface area contributed by atoms with Crippen LogP contribution in [0.4, 0.5) is 4.79 Å². The van der Waals surface area contributed by atoms with Crippen LogP contribution >= 0.6 is 0 Å². The highest BCUT2D eigenvalue weighted by Crippen LogP contribution is 2.24. The molecule has 0 aromatic carbocycles. The van der Waals surface area contributed by atoms with Crippen LogP contribution in [0.25, 0.3) is 0 Å². The van der Waals surface area contributed by atoms with Gasteiger partial charge in [-0.05, 0) is 6.92 Å². The fourth-order valence-electron chi connectivity index (χ4n) is 1.86. The monoisotopic (exact) mass is 265 g/mol. The van der Waals surface area contributed by atoms with Crippen LogP contribution in [0.2, 0.25) is 0 Å². The molecule has 0 atom stereocenters. The molecule has 0 saturated heterocycles. The van der Waals surface area contributed by atoms with Crippen LogP contribution in [0.5, 0.6) is 0 Å². The zero-order valence-electron chi connectivity index (χ0n) is 10.6. The Morgan fingerprint density at radius 2 is 2.26 bits per heavy atom. The number of aromatic amines is 1. The van der Waals surface area contributed by atoms with Crippen LogP contribution in [0.1, 0.15) is 28.7 Å². The van der Waals surface area contributed by atoms with Gasteiger partial charge in [-0.15, -0.1) is 0 Å². The number of amides is 1. The third-order valence-corrected chi connectivity index (χ3v) is 2.70. The molecule has 0 fully saturated rings. The Kier molecular flexibility index (Phi) is 3.84. The molecule has 1 amide bonds. The molecule has 1 aliphatic heterocycles. The molecule has 0 saturated carbocycles. The summed E-state index contributed by atoms with van der Waals surface area (Å²) in [6.45, 7) is 6.27. The lowest BCUT2D eigenvalue weighted by Crippen LogP contribution is -2.27. The summed E-state index contributed by atoms with van der Waals surface area (Å²) in [5, 5.41) is 6.66. The van der Waals surface area contributed by atoms with Crippen molar-refractivity contribution in [2.45, 2.75) is 20.0 Å². The van der Waals surface area contributed by atoms with Crippen LogP contribution in [0, 0.1) is 0 Å². The van der Waals surface area contributed by atoms with Gasteiger partial charge in [0.2, 0.25) is 0 Å². The summed E-state index contributed by atoms with van der Waals surface area (Å²) in [5.74, 6) is -0.485. The van der Waals surface area contributed by atoms with E-state index in [9.17, 15) is 9.59 Å². The lowest BCUT2D eigenvalue weighted by atomic mass is 10.2. The lowest BCUT2D eigenvalue weighted by molar-refractivity contribution is 0.0516. The van der Waals surface area contributed by atoms with Crippen molar-refractivity contribution in [3.8, 4) is 0 Å². The number of aromatic nitrogens is 2. The Morgan fingerprint density at radius 3 is 2.95 bits per heavy atom. The number of ether oxygens (including phenoxy) is 2. The Hall–Kier alpha value is -2.31. The molecular formula is C12H15N3O4. The maximum Gasteiger partial charge on any atom is 0.410 e. The van der Waals surface area contributed by atoms with Gasteiger partial charge >= 0.3 is 12.1 Å². The number of rotatable bonds is 4. The topological polar surface area (TPSA) is 84.5 Å². The van der Waals surface area contributed by atoms with Gasteiger partial charge in [0, 0.05) is 5.56 Å². The van der Waals surface area contributed by atoms with Crippen molar-refractivity contribution in [3.63, 3.8) is 0 Å². The maximum atomic E-state index is 11.7. The highest BCUT2D eigenvalue weighted by Gasteiger charge is 2.31. The molecule has 7 nitrogen and oxygen atoms in total. The van der Waals surface area contributed by atoms with E-state index in [0.29, 0.717) is 12.1 Å². The molecule has 0 aliphatic carbocycles. The molecule has 0 radical (unpaired) electrons. The number of nitrogens with one attached hydrogen (secondary N) is 1. The highest BCUT2D eigenvalue weighted by atomic mass is 16.6. The van der Waals surface area contributed by atoms with Gasteiger partial charge < -0.3 is 9.47 Å². The van der Waals surface area contributed by atoms with Crippen LogP contribution in [-0.4, -0.2) is 40.4 Å². The number of fused-ring (bicyclic) bond motifs is 1.